The van der Waals surface area contributed by atoms with Crippen LogP contribution in [0, 0.1) is 5.82 Å². The topological polar surface area (TPSA) is 46.9 Å². The molecule has 1 heterocycles. The minimum atomic E-state index is -0.380. The van der Waals surface area contributed by atoms with E-state index >= 15 is 0 Å². The van der Waals surface area contributed by atoms with Crippen LogP contribution in [0.1, 0.15) is 10.5 Å². The summed E-state index contributed by atoms with van der Waals surface area (Å²) in [7, 11) is 0. The number of nitrogens with zero attached hydrogens (tertiary/aromatic N) is 2. The van der Waals surface area contributed by atoms with E-state index in [0.29, 0.717) is 16.4 Å². The van der Waals surface area contributed by atoms with Gasteiger partial charge in [-0.25, -0.2) is 9.07 Å². The van der Waals surface area contributed by atoms with E-state index in [1.54, 1.807) is 42.6 Å². The molecule has 0 unspecified atom stereocenters. The zero-order valence-electron chi connectivity index (χ0n) is 11.6. The highest BCUT2D eigenvalue weighted by molar-refractivity contribution is 9.10. The number of carbonyl (C=O) groups is 1. The number of nitrogens with one attached hydrogen (secondary N) is 1. The van der Waals surface area contributed by atoms with Gasteiger partial charge >= 0.3 is 0 Å². The number of amides is 1. The standard InChI is InChI=1S/C16H10BrClFN3O/c17-10-1-6-14(13(18)9-10)20-16(23)15-7-8-22(21-15)12-4-2-11(19)3-5-12/h1-9H,(H,20,23). The van der Waals surface area contributed by atoms with Crippen LogP contribution in [0.5, 0.6) is 0 Å². The molecule has 3 aromatic rings. The SMILES string of the molecule is O=C(Nc1ccc(Br)cc1Cl)c1ccn(-c2ccc(F)cc2)n1. The van der Waals surface area contributed by atoms with Gasteiger partial charge in [-0.3, -0.25) is 4.79 Å². The van der Waals surface area contributed by atoms with Gasteiger partial charge in [0.05, 0.1) is 16.4 Å². The first-order valence-corrected chi connectivity index (χ1v) is 7.78. The minimum Gasteiger partial charge on any atom is -0.319 e. The molecule has 0 bridgehead atoms. The number of hydrogen-bond donors (Lipinski definition) is 1. The zero-order valence-corrected chi connectivity index (χ0v) is 14.0. The van der Waals surface area contributed by atoms with Crippen molar-refractivity contribution in [2.24, 2.45) is 0 Å². The summed E-state index contributed by atoms with van der Waals surface area (Å²) in [5.41, 5.74) is 1.39. The van der Waals surface area contributed by atoms with Gasteiger partial charge in [0, 0.05) is 10.7 Å². The number of anilines is 1. The van der Waals surface area contributed by atoms with Crippen molar-refractivity contribution in [3.05, 3.63) is 75.7 Å². The lowest BCUT2D eigenvalue weighted by Crippen LogP contribution is -2.13. The van der Waals surface area contributed by atoms with Crippen molar-refractivity contribution in [2.45, 2.75) is 0 Å². The summed E-state index contributed by atoms with van der Waals surface area (Å²) in [5.74, 6) is -0.709. The summed E-state index contributed by atoms with van der Waals surface area (Å²) in [4.78, 5) is 12.2. The molecule has 1 N–H and O–H groups in total. The van der Waals surface area contributed by atoms with E-state index in [-0.39, 0.29) is 17.4 Å². The molecular weight excluding hydrogens is 385 g/mol. The molecule has 3 rings (SSSR count). The third-order valence-corrected chi connectivity index (χ3v) is 3.90. The molecule has 0 aliphatic rings. The Hall–Kier alpha value is -2.18. The summed E-state index contributed by atoms with van der Waals surface area (Å²) in [6, 6.07) is 12.6. The number of hydrogen-bond acceptors (Lipinski definition) is 2. The van der Waals surface area contributed by atoms with Gasteiger partial charge in [-0.15, -0.1) is 0 Å². The van der Waals surface area contributed by atoms with Gasteiger partial charge in [-0.05, 0) is 48.5 Å². The molecule has 2 aromatic carbocycles. The van der Waals surface area contributed by atoms with Crippen molar-refractivity contribution in [1.29, 1.82) is 0 Å². The molecule has 4 nitrogen and oxygen atoms in total. The van der Waals surface area contributed by atoms with Crippen molar-refractivity contribution in [3.8, 4) is 5.69 Å². The molecule has 116 valence electrons. The molecule has 0 aliphatic heterocycles. The van der Waals surface area contributed by atoms with Crippen LogP contribution in [0.3, 0.4) is 0 Å². The first kappa shape index (κ1) is 15.7. The summed E-state index contributed by atoms with van der Waals surface area (Å²) in [5, 5.41) is 7.31. The van der Waals surface area contributed by atoms with Crippen LogP contribution in [-0.4, -0.2) is 15.7 Å². The predicted octanol–water partition coefficient (Wildman–Crippen LogP) is 4.68. The smallest absolute Gasteiger partial charge is 0.276 e. The van der Waals surface area contributed by atoms with E-state index in [9.17, 15) is 9.18 Å². The number of halogens is 3. The van der Waals surface area contributed by atoms with Gasteiger partial charge in [0.25, 0.3) is 5.91 Å². The molecule has 1 amide bonds. The number of rotatable bonds is 3. The largest absolute Gasteiger partial charge is 0.319 e. The molecule has 0 aliphatic carbocycles. The third-order valence-electron chi connectivity index (χ3n) is 3.09. The average Bonchev–Trinajstić information content (AvgIpc) is 3.01. The maximum Gasteiger partial charge on any atom is 0.276 e. The van der Waals surface area contributed by atoms with Crippen molar-refractivity contribution in [3.63, 3.8) is 0 Å². The highest BCUT2D eigenvalue weighted by Crippen LogP contribution is 2.26. The summed E-state index contributed by atoms with van der Waals surface area (Å²) in [6.45, 7) is 0. The van der Waals surface area contributed by atoms with Gasteiger partial charge in [0.1, 0.15) is 5.82 Å². The van der Waals surface area contributed by atoms with E-state index in [1.807, 2.05) is 0 Å². The summed E-state index contributed by atoms with van der Waals surface area (Å²) < 4.78 is 15.3. The summed E-state index contributed by atoms with van der Waals surface area (Å²) >= 11 is 9.37. The van der Waals surface area contributed by atoms with Crippen molar-refractivity contribution >= 4 is 39.1 Å². The predicted molar refractivity (Wildman–Crippen MR) is 90.6 cm³/mol. The molecular formula is C16H10BrClFN3O. The monoisotopic (exact) mass is 393 g/mol. The molecule has 0 spiro atoms. The van der Waals surface area contributed by atoms with Crippen LogP contribution in [0.25, 0.3) is 5.69 Å². The van der Waals surface area contributed by atoms with E-state index < -0.39 is 0 Å². The molecule has 0 saturated heterocycles. The van der Waals surface area contributed by atoms with Crippen LogP contribution in [0.4, 0.5) is 10.1 Å². The Morgan fingerprint density at radius 3 is 2.61 bits per heavy atom. The van der Waals surface area contributed by atoms with E-state index in [0.717, 1.165) is 4.47 Å². The molecule has 0 radical (unpaired) electrons. The fraction of sp³-hybridized carbons (Fsp3) is 0. The molecule has 0 atom stereocenters. The Morgan fingerprint density at radius 2 is 1.91 bits per heavy atom. The maximum absolute atomic E-state index is 12.9. The molecule has 0 fully saturated rings. The Kier molecular flexibility index (Phi) is 4.45. The van der Waals surface area contributed by atoms with E-state index in [1.165, 1.54) is 16.8 Å². The Morgan fingerprint density at radius 1 is 1.17 bits per heavy atom. The number of aromatic nitrogens is 2. The van der Waals surface area contributed by atoms with Crippen molar-refractivity contribution in [2.75, 3.05) is 5.32 Å². The van der Waals surface area contributed by atoms with Gasteiger partial charge < -0.3 is 5.32 Å². The quantitative estimate of drug-likeness (QED) is 0.701. The van der Waals surface area contributed by atoms with E-state index in [2.05, 4.69) is 26.3 Å². The number of benzene rings is 2. The highest BCUT2D eigenvalue weighted by Gasteiger charge is 2.12. The molecule has 7 heteroatoms. The van der Waals surface area contributed by atoms with Crippen LogP contribution in [0.2, 0.25) is 5.02 Å². The maximum atomic E-state index is 12.9. The second-order valence-electron chi connectivity index (χ2n) is 4.70. The van der Waals surface area contributed by atoms with Gasteiger partial charge in [0.2, 0.25) is 0 Å². The lowest BCUT2D eigenvalue weighted by atomic mass is 10.3. The third kappa shape index (κ3) is 3.60. The zero-order chi connectivity index (χ0) is 16.4. The Labute approximate surface area is 145 Å². The normalized spacial score (nSPS) is 10.6. The summed E-state index contributed by atoms with van der Waals surface area (Å²) in [6.07, 6.45) is 1.63. The van der Waals surface area contributed by atoms with Gasteiger partial charge in [-0.1, -0.05) is 27.5 Å². The van der Waals surface area contributed by atoms with Crippen LogP contribution >= 0.6 is 27.5 Å². The fourth-order valence-corrected chi connectivity index (χ4v) is 2.68. The first-order valence-electron chi connectivity index (χ1n) is 6.61. The van der Waals surface area contributed by atoms with Crippen LogP contribution in [0.15, 0.2) is 59.2 Å². The van der Waals surface area contributed by atoms with Gasteiger partial charge in [-0.2, -0.15) is 5.10 Å². The van der Waals surface area contributed by atoms with Crippen LogP contribution < -0.4 is 5.32 Å². The lowest BCUT2D eigenvalue weighted by Gasteiger charge is -2.06. The Balaban J connectivity index is 1.79. The Bertz CT molecular complexity index is 864. The number of carbonyl (C=O) groups excluding carboxylic acids is 1. The highest BCUT2D eigenvalue weighted by atomic mass is 79.9. The van der Waals surface area contributed by atoms with Gasteiger partial charge in [0.15, 0.2) is 5.69 Å². The van der Waals surface area contributed by atoms with Crippen molar-refractivity contribution in [1.82, 2.24) is 9.78 Å². The average molecular weight is 395 g/mol. The molecule has 1 aromatic heterocycles. The molecule has 0 saturated carbocycles. The van der Waals surface area contributed by atoms with E-state index in [4.69, 9.17) is 11.6 Å². The minimum absolute atomic E-state index is 0.230. The second kappa shape index (κ2) is 6.52. The van der Waals surface area contributed by atoms with Crippen molar-refractivity contribution < 1.29 is 9.18 Å². The van der Waals surface area contributed by atoms with Crippen LogP contribution in [-0.2, 0) is 0 Å². The lowest BCUT2D eigenvalue weighted by molar-refractivity contribution is 0.102. The second-order valence-corrected chi connectivity index (χ2v) is 6.02. The molecule has 23 heavy (non-hydrogen) atoms. The first-order chi connectivity index (χ1) is 11.0. The fourth-order valence-electron chi connectivity index (χ4n) is 1.96.